The van der Waals surface area contributed by atoms with E-state index < -0.39 is 5.97 Å². The molecule has 0 aromatic heterocycles. The molecule has 2 rings (SSSR count). The Bertz CT molecular complexity index is 473. The second-order valence-electron chi connectivity index (χ2n) is 3.82. The van der Waals surface area contributed by atoms with E-state index >= 15 is 0 Å². The molecule has 0 radical (unpaired) electrons. The number of hydrogen-bond donors (Lipinski definition) is 3. The monoisotopic (exact) mass is 235 g/mol. The minimum absolute atomic E-state index is 0.0634. The number of carboxylic acids is 1. The van der Waals surface area contributed by atoms with Crippen molar-refractivity contribution in [3.63, 3.8) is 0 Å². The number of carboxylic acid groups (broad SMARTS) is 1. The van der Waals surface area contributed by atoms with Gasteiger partial charge in [0.1, 0.15) is 0 Å². The average molecular weight is 235 g/mol. The number of carbonyl (C=O) groups is 2. The van der Waals surface area contributed by atoms with Gasteiger partial charge in [0.15, 0.2) is 0 Å². The van der Waals surface area contributed by atoms with Gasteiger partial charge < -0.3 is 21.1 Å². The van der Waals surface area contributed by atoms with Crippen LogP contribution < -0.4 is 16.0 Å². The van der Waals surface area contributed by atoms with Crippen LogP contribution in [0.3, 0.4) is 0 Å². The number of nitrogens with zero attached hydrogens (tertiary/aromatic N) is 1. The van der Waals surface area contributed by atoms with Crippen LogP contribution in [0.25, 0.3) is 0 Å². The zero-order valence-corrected chi connectivity index (χ0v) is 9.14. The predicted molar refractivity (Wildman–Crippen MR) is 63.0 cm³/mol. The number of aromatic carboxylic acids is 1. The molecule has 0 saturated carbocycles. The largest absolute Gasteiger partial charge is 0.478 e. The van der Waals surface area contributed by atoms with Gasteiger partial charge in [0.2, 0.25) is 5.91 Å². The molecule has 1 aliphatic rings. The van der Waals surface area contributed by atoms with E-state index in [0.29, 0.717) is 18.8 Å². The number of piperazine rings is 1. The first-order valence-electron chi connectivity index (χ1n) is 5.23. The lowest BCUT2D eigenvalue weighted by atomic mass is 10.1. The molecule has 0 unspecified atom stereocenters. The highest BCUT2D eigenvalue weighted by Crippen LogP contribution is 2.26. The topological polar surface area (TPSA) is 95.7 Å². The number of nitrogens with two attached hydrogens (primary N) is 1. The van der Waals surface area contributed by atoms with Gasteiger partial charge >= 0.3 is 5.97 Å². The van der Waals surface area contributed by atoms with E-state index in [1.807, 2.05) is 0 Å². The fourth-order valence-corrected chi connectivity index (χ4v) is 1.86. The first kappa shape index (κ1) is 11.3. The summed E-state index contributed by atoms with van der Waals surface area (Å²) in [5.41, 5.74) is 6.67. The molecular weight excluding hydrogens is 222 g/mol. The van der Waals surface area contributed by atoms with Crippen molar-refractivity contribution >= 4 is 23.3 Å². The Kier molecular flexibility index (Phi) is 2.86. The first-order chi connectivity index (χ1) is 8.09. The van der Waals surface area contributed by atoms with Gasteiger partial charge in [0, 0.05) is 13.1 Å². The average Bonchev–Trinajstić information content (AvgIpc) is 2.29. The van der Waals surface area contributed by atoms with E-state index in [0.717, 1.165) is 0 Å². The molecule has 0 bridgehead atoms. The Morgan fingerprint density at radius 3 is 2.88 bits per heavy atom. The normalized spacial score (nSPS) is 15.5. The van der Waals surface area contributed by atoms with Crippen molar-refractivity contribution < 1.29 is 14.7 Å². The van der Waals surface area contributed by atoms with Gasteiger partial charge in [0.05, 0.1) is 23.5 Å². The Morgan fingerprint density at radius 2 is 2.24 bits per heavy atom. The van der Waals surface area contributed by atoms with Crippen molar-refractivity contribution in [2.24, 2.45) is 0 Å². The molecule has 90 valence electrons. The summed E-state index contributed by atoms with van der Waals surface area (Å²) in [5, 5.41) is 11.7. The highest BCUT2D eigenvalue weighted by atomic mass is 16.4. The lowest BCUT2D eigenvalue weighted by Crippen LogP contribution is -2.48. The summed E-state index contributed by atoms with van der Waals surface area (Å²) in [6.07, 6.45) is 0. The molecule has 17 heavy (non-hydrogen) atoms. The van der Waals surface area contributed by atoms with Crippen molar-refractivity contribution in [3.05, 3.63) is 23.8 Å². The van der Waals surface area contributed by atoms with Crippen LogP contribution in [0.2, 0.25) is 0 Å². The maximum absolute atomic E-state index is 11.3. The third-order valence-electron chi connectivity index (χ3n) is 2.69. The lowest BCUT2D eigenvalue weighted by molar-refractivity contribution is -0.120. The summed E-state index contributed by atoms with van der Waals surface area (Å²) >= 11 is 0. The molecule has 4 N–H and O–H groups in total. The minimum Gasteiger partial charge on any atom is -0.478 e. The molecule has 0 aliphatic carbocycles. The second-order valence-corrected chi connectivity index (χ2v) is 3.82. The summed E-state index contributed by atoms with van der Waals surface area (Å²) in [6.45, 7) is 1.36. The van der Waals surface area contributed by atoms with Gasteiger partial charge in [0.25, 0.3) is 0 Å². The highest BCUT2D eigenvalue weighted by molar-refractivity contribution is 5.98. The molecule has 6 heteroatoms. The third kappa shape index (κ3) is 2.15. The fraction of sp³-hybridized carbons (Fsp3) is 0.273. The van der Waals surface area contributed by atoms with Crippen molar-refractivity contribution in [2.75, 3.05) is 30.3 Å². The number of para-hydroxylation sites is 1. The van der Waals surface area contributed by atoms with Crippen LogP contribution in [0.4, 0.5) is 11.4 Å². The molecule has 0 spiro atoms. The number of carbonyl (C=O) groups excluding carboxylic acids is 1. The molecule has 1 aromatic carbocycles. The third-order valence-corrected chi connectivity index (χ3v) is 2.69. The highest BCUT2D eigenvalue weighted by Gasteiger charge is 2.20. The van der Waals surface area contributed by atoms with Gasteiger partial charge in [-0.1, -0.05) is 6.07 Å². The number of amides is 1. The number of nitrogen functional groups attached to an aromatic ring is 1. The van der Waals surface area contributed by atoms with Crippen molar-refractivity contribution in [1.29, 1.82) is 0 Å². The van der Waals surface area contributed by atoms with Gasteiger partial charge in [-0.15, -0.1) is 0 Å². The summed E-state index contributed by atoms with van der Waals surface area (Å²) < 4.78 is 0. The molecular formula is C11H13N3O3. The van der Waals surface area contributed by atoms with Gasteiger partial charge in [-0.25, -0.2) is 4.79 Å². The standard InChI is InChI=1S/C11H13N3O3/c12-10-7(11(16)17)2-1-3-8(10)14-5-4-13-9(15)6-14/h1-3H,4-6,12H2,(H,13,15)(H,16,17). The molecule has 0 atom stereocenters. The van der Waals surface area contributed by atoms with Crippen molar-refractivity contribution in [2.45, 2.75) is 0 Å². The molecule has 1 heterocycles. The van der Waals surface area contributed by atoms with E-state index in [2.05, 4.69) is 5.32 Å². The Balaban J connectivity index is 2.35. The number of anilines is 2. The smallest absolute Gasteiger partial charge is 0.337 e. The maximum atomic E-state index is 11.3. The van der Waals surface area contributed by atoms with Crippen molar-refractivity contribution in [3.8, 4) is 0 Å². The quantitative estimate of drug-likeness (QED) is 0.622. The fourth-order valence-electron chi connectivity index (χ4n) is 1.86. The van der Waals surface area contributed by atoms with Crippen molar-refractivity contribution in [1.82, 2.24) is 5.32 Å². The molecule has 1 amide bonds. The number of rotatable bonds is 2. The Morgan fingerprint density at radius 1 is 1.47 bits per heavy atom. The van der Waals surface area contributed by atoms with Gasteiger partial charge in [-0.05, 0) is 12.1 Å². The van der Waals surface area contributed by atoms with Crippen LogP contribution in [-0.2, 0) is 4.79 Å². The number of benzene rings is 1. The van der Waals surface area contributed by atoms with Gasteiger partial charge in [-0.3, -0.25) is 4.79 Å². The first-order valence-corrected chi connectivity index (χ1v) is 5.23. The maximum Gasteiger partial charge on any atom is 0.337 e. The van der Waals surface area contributed by atoms with E-state index in [9.17, 15) is 9.59 Å². The summed E-state index contributed by atoms with van der Waals surface area (Å²) in [7, 11) is 0. The number of hydrogen-bond acceptors (Lipinski definition) is 4. The Labute approximate surface area is 98.0 Å². The molecule has 6 nitrogen and oxygen atoms in total. The summed E-state index contributed by atoms with van der Waals surface area (Å²) in [5.74, 6) is -1.15. The predicted octanol–water partition coefficient (Wildman–Crippen LogP) is -0.0968. The summed E-state index contributed by atoms with van der Waals surface area (Å²) in [4.78, 5) is 24.0. The van der Waals surface area contributed by atoms with Crippen LogP contribution in [0.5, 0.6) is 0 Å². The zero-order valence-electron chi connectivity index (χ0n) is 9.14. The van der Waals surface area contributed by atoms with E-state index in [1.54, 1.807) is 17.0 Å². The summed E-state index contributed by atoms with van der Waals surface area (Å²) in [6, 6.07) is 4.80. The lowest BCUT2D eigenvalue weighted by Gasteiger charge is -2.29. The number of nitrogens with one attached hydrogen (secondary N) is 1. The van der Waals surface area contributed by atoms with Crippen LogP contribution >= 0.6 is 0 Å². The second kappa shape index (κ2) is 4.32. The minimum atomic E-state index is -1.06. The van der Waals surface area contributed by atoms with Crippen LogP contribution in [0, 0.1) is 0 Å². The molecule has 1 aliphatic heterocycles. The van der Waals surface area contributed by atoms with E-state index in [1.165, 1.54) is 6.07 Å². The van der Waals surface area contributed by atoms with Gasteiger partial charge in [-0.2, -0.15) is 0 Å². The SMILES string of the molecule is Nc1c(C(=O)O)cccc1N1CCNC(=O)C1. The van der Waals surface area contributed by atoms with Crippen LogP contribution in [0.15, 0.2) is 18.2 Å². The molecule has 1 fully saturated rings. The molecule has 1 aromatic rings. The zero-order chi connectivity index (χ0) is 12.4. The van der Waals surface area contributed by atoms with Crippen LogP contribution in [0.1, 0.15) is 10.4 Å². The Hall–Kier alpha value is -2.24. The van der Waals surface area contributed by atoms with E-state index in [-0.39, 0.29) is 23.7 Å². The van der Waals surface area contributed by atoms with Crippen LogP contribution in [-0.4, -0.2) is 36.6 Å². The molecule has 1 saturated heterocycles. The van der Waals surface area contributed by atoms with E-state index in [4.69, 9.17) is 10.8 Å².